The maximum absolute atomic E-state index is 12.2. The molecule has 7 nitrogen and oxygen atoms in total. The van der Waals surface area contributed by atoms with E-state index in [0.717, 1.165) is 41.7 Å². The van der Waals surface area contributed by atoms with Gasteiger partial charge in [0.05, 0.1) is 32.5 Å². The van der Waals surface area contributed by atoms with Crippen molar-refractivity contribution in [3.05, 3.63) is 72.3 Å². The molecule has 34 heavy (non-hydrogen) atoms. The molecule has 0 bridgehead atoms. The molecule has 2 heterocycles. The van der Waals surface area contributed by atoms with Crippen LogP contribution in [0.15, 0.2) is 66.7 Å². The second-order valence-electron chi connectivity index (χ2n) is 8.18. The topological polar surface area (TPSA) is 79.1 Å². The molecule has 0 aliphatic carbocycles. The van der Waals surface area contributed by atoms with Crippen LogP contribution in [-0.4, -0.2) is 51.4 Å². The van der Waals surface area contributed by atoms with Crippen molar-refractivity contribution in [3.8, 4) is 17.2 Å². The third-order valence-corrected chi connectivity index (χ3v) is 5.42. The summed E-state index contributed by atoms with van der Waals surface area (Å²) in [6.45, 7) is 2.93. The average Bonchev–Trinajstić information content (AvgIpc) is 3.77. The number of rotatable bonds is 12. The number of epoxide rings is 2. The molecule has 7 heteroatoms. The number of carbonyl (C=O) groups is 1. The summed E-state index contributed by atoms with van der Waals surface area (Å²) in [7, 11) is 0. The molecule has 2 unspecified atom stereocenters. The van der Waals surface area contributed by atoms with Crippen LogP contribution in [0.4, 0.5) is 0 Å². The van der Waals surface area contributed by atoms with Gasteiger partial charge in [-0.15, -0.1) is 0 Å². The maximum Gasteiger partial charge on any atom is 0.336 e. The summed E-state index contributed by atoms with van der Waals surface area (Å²) in [4.78, 5) is 12.2. The van der Waals surface area contributed by atoms with Crippen LogP contribution in [0.5, 0.6) is 17.2 Å². The van der Waals surface area contributed by atoms with Gasteiger partial charge in [0.15, 0.2) is 6.79 Å². The van der Waals surface area contributed by atoms with Gasteiger partial charge in [0, 0.05) is 12.5 Å². The van der Waals surface area contributed by atoms with E-state index in [1.165, 1.54) is 6.08 Å². The Labute approximate surface area is 197 Å². The fraction of sp³-hybridized carbons (Fsp3) is 0.296. The highest BCUT2D eigenvalue weighted by Gasteiger charge is 2.22. The van der Waals surface area contributed by atoms with Crippen LogP contribution in [0.1, 0.15) is 12.0 Å². The number of ether oxygens (including phenoxy) is 6. The first-order valence-corrected chi connectivity index (χ1v) is 11.3. The first-order chi connectivity index (χ1) is 16.7. The minimum atomic E-state index is -0.454. The molecule has 0 aromatic heterocycles. The van der Waals surface area contributed by atoms with Crippen molar-refractivity contribution in [1.82, 2.24) is 0 Å². The van der Waals surface area contributed by atoms with Gasteiger partial charge in [0.1, 0.15) is 23.4 Å². The minimum absolute atomic E-state index is 0.150. The maximum atomic E-state index is 12.2. The Hall–Kier alpha value is -3.39. The molecule has 2 aliphatic rings. The van der Waals surface area contributed by atoms with Crippen LogP contribution in [-0.2, 0) is 19.0 Å². The largest absolute Gasteiger partial charge is 0.493 e. The standard InChI is InChI=1S/C27H26O7/c28-27(34-23-8-6-22(7-9-23)33-18-29-15-26-17-32-26)10-2-19-1-3-21-14-24(5-4-20(21)13-19)30-12-11-25-16-31-25/h1-10,13-14,25-26H,11-12,15-18H2/b10-2+. The highest BCUT2D eigenvalue weighted by atomic mass is 16.7. The predicted molar refractivity (Wildman–Crippen MR) is 126 cm³/mol. The van der Waals surface area contributed by atoms with Gasteiger partial charge in [-0.25, -0.2) is 4.79 Å². The van der Waals surface area contributed by atoms with Crippen molar-refractivity contribution >= 4 is 22.8 Å². The molecule has 0 spiro atoms. The van der Waals surface area contributed by atoms with Crippen molar-refractivity contribution in [2.75, 3.05) is 33.2 Å². The molecule has 2 fully saturated rings. The summed E-state index contributed by atoms with van der Waals surface area (Å²) >= 11 is 0. The van der Waals surface area contributed by atoms with Crippen LogP contribution in [0.3, 0.4) is 0 Å². The number of fused-ring (bicyclic) bond motifs is 1. The highest BCUT2D eigenvalue weighted by molar-refractivity contribution is 5.91. The van der Waals surface area contributed by atoms with Gasteiger partial charge >= 0.3 is 5.97 Å². The van der Waals surface area contributed by atoms with Gasteiger partial charge in [0.25, 0.3) is 0 Å². The SMILES string of the molecule is O=C(/C=C/c1ccc2cc(OCCC3CO3)ccc2c1)Oc1ccc(OCOCC2CO2)cc1. The minimum Gasteiger partial charge on any atom is -0.493 e. The molecule has 5 rings (SSSR count). The zero-order valence-corrected chi connectivity index (χ0v) is 18.7. The smallest absolute Gasteiger partial charge is 0.336 e. The van der Waals surface area contributed by atoms with E-state index in [2.05, 4.69) is 0 Å². The van der Waals surface area contributed by atoms with Gasteiger partial charge in [-0.1, -0.05) is 18.2 Å². The van der Waals surface area contributed by atoms with Gasteiger partial charge in [-0.2, -0.15) is 0 Å². The summed E-state index contributed by atoms with van der Waals surface area (Å²) < 4.78 is 32.2. The summed E-state index contributed by atoms with van der Waals surface area (Å²) in [5, 5.41) is 2.14. The number of benzene rings is 3. The molecule has 0 saturated carbocycles. The first-order valence-electron chi connectivity index (χ1n) is 11.3. The van der Waals surface area contributed by atoms with E-state index in [4.69, 9.17) is 28.4 Å². The van der Waals surface area contributed by atoms with E-state index >= 15 is 0 Å². The Balaban J connectivity index is 1.10. The molecule has 3 aromatic carbocycles. The monoisotopic (exact) mass is 462 g/mol. The molecule has 2 atom stereocenters. The van der Waals surface area contributed by atoms with Crippen LogP contribution in [0, 0.1) is 0 Å². The Morgan fingerprint density at radius 2 is 1.56 bits per heavy atom. The molecule has 0 radical (unpaired) electrons. The molecule has 176 valence electrons. The van der Waals surface area contributed by atoms with E-state index in [1.807, 2.05) is 36.4 Å². The fourth-order valence-electron chi connectivity index (χ4n) is 3.35. The number of carbonyl (C=O) groups excluding carboxylic acids is 1. The Morgan fingerprint density at radius 1 is 0.853 bits per heavy atom. The Morgan fingerprint density at radius 3 is 2.35 bits per heavy atom. The zero-order chi connectivity index (χ0) is 23.2. The Bertz CT molecular complexity index is 1150. The van der Waals surface area contributed by atoms with Crippen LogP contribution in [0.25, 0.3) is 16.8 Å². The summed E-state index contributed by atoms with van der Waals surface area (Å²) in [6.07, 6.45) is 4.64. The molecular formula is C27H26O7. The number of hydrogen-bond donors (Lipinski definition) is 0. The molecule has 0 N–H and O–H groups in total. The third-order valence-electron chi connectivity index (χ3n) is 5.42. The lowest BCUT2D eigenvalue weighted by Crippen LogP contribution is -2.08. The fourth-order valence-corrected chi connectivity index (χ4v) is 3.35. The van der Waals surface area contributed by atoms with E-state index in [0.29, 0.717) is 30.8 Å². The molecule has 2 saturated heterocycles. The summed E-state index contributed by atoms with van der Waals surface area (Å²) in [5.41, 5.74) is 0.907. The second kappa shape index (κ2) is 10.7. The first kappa shape index (κ1) is 22.4. The van der Waals surface area contributed by atoms with Crippen molar-refractivity contribution in [3.63, 3.8) is 0 Å². The third kappa shape index (κ3) is 6.81. The van der Waals surface area contributed by atoms with Gasteiger partial charge in [-0.3, -0.25) is 0 Å². The van der Waals surface area contributed by atoms with E-state index in [9.17, 15) is 4.79 Å². The summed E-state index contributed by atoms with van der Waals surface area (Å²) in [6, 6.07) is 18.8. The molecule has 3 aromatic rings. The van der Waals surface area contributed by atoms with Crippen LogP contribution < -0.4 is 14.2 Å². The van der Waals surface area contributed by atoms with Gasteiger partial charge < -0.3 is 28.4 Å². The zero-order valence-electron chi connectivity index (χ0n) is 18.7. The van der Waals surface area contributed by atoms with Crippen LogP contribution >= 0.6 is 0 Å². The van der Waals surface area contributed by atoms with Crippen molar-refractivity contribution in [2.45, 2.75) is 18.6 Å². The number of esters is 1. The molecule has 0 amide bonds. The van der Waals surface area contributed by atoms with Crippen molar-refractivity contribution < 1.29 is 33.2 Å². The number of hydrogen-bond acceptors (Lipinski definition) is 7. The highest BCUT2D eigenvalue weighted by Crippen LogP contribution is 2.24. The second-order valence-corrected chi connectivity index (χ2v) is 8.18. The van der Waals surface area contributed by atoms with Crippen molar-refractivity contribution in [2.24, 2.45) is 0 Å². The lowest BCUT2D eigenvalue weighted by Gasteiger charge is -2.07. The molecular weight excluding hydrogens is 436 g/mol. The molecule has 2 aliphatic heterocycles. The summed E-state index contributed by atoms with van der Waals surface area (Å²) in [5.74, 6) is 1.46. The van der Waals surface area contributed by atoms with Crippen LogP contribution in [0.2, 0.25) is 0 Å². The Kier molecular flexibility index (Phi) is 7.05. The van der Waals surface area contributed by atoms with Crippen molar-refractivity contribution in [1.29, 1.82) is 0 Å². The van der Waals surface area contributed by atoms with E-state index in [1.54, 1.807) is 30.3 Å². The normalized spacial score (nSPS) is 18.7. The lowest BCUT2D eigenvalue weighted by atomic mass is 10.1. The lowest BCUT2D eigenvalue weighted by molar-refractivity contribution is -0.128. The quantitative estimate of drug-likeness (QED) is 0.0987. The van der Waals surface area contributed by atoms with Gasteiger partial charge in [0.2, 0.25) is 0 Å². The van der Waals surface area contributed by atoms with Gasteiger partial charge in [-0.05, 0) is 64.9 Å². The average molecular weight is 462 g/mol. The van der Waals surface area contributed by atoms with E-state index in [-0.39, 0.29) is 12.9 Å². The predicted octanol–water partition coefficient (Wildman–Crippen LogP) is 4.38. The van der Waals surface area contributed by atoms with E-state index < -0.39 is 5.97 Å².